The van der Waals surface area contributed by atoms with Crippen LogP contribution in [-0.4, -0.2) is 11.0 Å². The van der Waals surface area contributed by atoms with Crippen LogP contribution in [0.3, 0.4) is 0 Å². The predicted molar refractivity (Wildman–Crippen MR) is 72.8 cm³/mol. The Morgan fingerprint density at radius 3 is 2.72 bits per heavy atom. The first-order valence-electron chi connectivity index (χ1n) is 6.00. The quantitative estimate of drug-likeness (QED) is 0.863. The lowest BCUT2D eigenvalue weighted by molar-refractivity contribution is 0.243. The van der Waals surface area contributed by atoms with Crippen molar-refractivity contribution < 1.29 is 4.79 Å². The van der Waals surface area contributed by atoms with Gasteiger partial charge in [0.1, 0.15) is 0 Å². The van der Waals surface area contributed by atoms with Gasteiger partial charge in [-0.3, -0.25) is 4.98 Å². The monoisotopic (exact) mass is 247 g/mol. The minimum atomic E-state index is -0.206. The standard InChI is InChI=1S/C14H21N3O/c1-11(14(2,3)4)8-16-13(18)17-10-12-6-5-7-15-9-12/h5-9H,10H2,1-4H3,(H2,16,17,18)/b11-8+. The van der Waals surface area contributed by atoms with Crippen LogP contribution < -0.4 is 10.6 Å². The van der Waals surface area contributed by atoms with Gasteiger partial charge < -0.3 is 10.6 Å². The highest BCUT2D eigenvalue weighted by Gasteiger charge is 2.12. The highest BCUT2D eigenvalue weighted by atomic mass is 16.2. The van der Waals surface area contributed by atoms with Crippen LogP contribution in [0.15, 0.2) is 36.3 Å². The number of nitrogens with zero attached hydrogens (tertiary/aromatic N) is 1. The van der Waals surface area contributed by atoms with Gasteiger partial charge in [-0.1, -0.05) is 32.4 Å². The first-order valence-corrected chi connectivity index (χ1v) is 6.00. The number of carbonyl (C=O) groups excluding carboxylic acids is 1. The summed E-state index contributed by atoms with van der Waals surface area (Å²) in [5.41, 5.74) is 2.17. The van der Waals surface area contributed by atoms with Gasteiger partial charge in [0.25, 0.3) is 0 Å². The van der Waals surface area contributed by atoms with Crippen molar-refractivity contribution in [1.82, 2.24) is 15.6 Å². The maximum absolute atomic E-state index is 11.6. The molecule has 2 N–H and O–H groups in total. The number of allylic oxidation sites excluding steroid dienone is 1. The molecule has 0 unspecified atom stereocenters. The third kappa shape index (κ3) is 4.99. The molecule has 0 atom stereocenters. The molecule has 0 saturated carbocycles. The summed E-state index contributed by atoms with van der Waals surface area (Å²) in [7, 11) is 0. The van der Waals surface area contributed by atoms with E-state index in [1.54, 1.807) is 18.6 Å². The molecule has 0 fully saturated rings. The van der Waals surface area contributed by atoms with Crippen LogP contribution >= 0.6 is 0 Å². The largest absolute Gasteiger partial charge is 0.334 e. The van der Waals surface area contributed by atoms with Gasteiger partial charge in [0.2, 0.25) is 0 Å². The number of carbonyl (C=O) groups is 1. The third-order valence-corrected chi connectivity index (χ3v) is 2.78. The lowest BCUT2D eigenvalue weighted by atomic mass is 9.88. The summed E-state index contributed by atoms with van der Waals surface area (Å²) in [6, 6.07) is 3.56. The van der Waals surface area contributed by atoms with Gasteiger partial charge in [0.15, 0.2) is 0 Å². The van der Waals surface area contributed by atoms with Gasteiger partial charge in [0, 0.05) is 25.1 Å². The van der Waals surface area contributed by atoms with Crippen molar-refractivity contribution in [1.29, 1.82) is 0 Å². The molecule has 1 rings (SSSR count). The molecule has 1 heterocycles. The molecule has 18 heavy (non-hydrogen) atoms. The fourth-order valence-electron chi connectivity index (χ4n) is 1.13. The smallest absolute Gasteiger partial charge is 0.319 e. The second-order valence-corrected chi connectivity index (χ2v) is 5.27. The molecule has 0 spiro atoms. The van der Waals surface area contributed by atoms with E-state index in [0.29, 0.717) is 6.54 Å². The topological polar surface area (TPSA) is 54.0 Å². The zero-order chi connectivity index (χ0) is 13.6. The highest BCUT2D eigenvalue weighted by Crippen LogP contribution is 2.23. The zero-order valence-corrected chi connectivity index (χ0v) is 11.4. The molecule has 0 aliphatic heterocycles. The summed E-state index contributed by atoms with van der Waals surface area (Å²) < 4.78 is 0. The van der Waals surface area contributed by atoms with E-state index < -0.39 is 0 Å². The van der Waals surface area contributed by atoms with Crippen LogP contribution in [0.5, 0.6) is 0 Å². The SMILES string of the molecule is C/C(=C\NC(=O)NCc1cccnc1)C(C)(C)C. The van der Waals surface area contributed by atoms with Crippen LogP contribution in [-0.2, 0) is 6.54 Å². The average molecular weight is 247 g/mol. The van der Waals surface area contributed by atoms with E-state index >= 15 is 0 Å². The third-order valence-electron chi connectivity index (χ3n) is 2.78. The number of nitrogens with one attached hydrogen (secondary N) is 2. The highest BCUT2D eigenvalue weighted by molar-refractivity contribution is 5.74. The van der Waals surface area contributed by atoms with Crippen molar-refractivity contribution in [2.75, 3.05) is 0 Å². The predicted octanol–water partition coefficient (Wildman–Crippen LogP) is 2.83. The maximum Gasteiger partial charge on any atom is 0.319 e. The summed E-state index contributed by atoms with van der Waals surface area (Å²) in [5.74, 6) is 0. The number of rotatable bonds is 3. The Labute approximate surface area is 109 Å². The van der Waals surface area contributed by atoms with Gasteiger partial charge in [-0.15, -0.1) is 0 Å². The van der Waals surface area contributed by atoms with E-state index in [0.717, 1.165) is 11.1 Å². The zero-order valence-electron chi connectivity index (χ0n) is 11.4. The molecule has 0 aliphatic carbocycles. The van der Waals surface area contributed by atoms with E-state index in [9.17, 15) is 4.79 Å². The van der Waals surface area contributed by atoms with Crippen molar-refractivity contribution in [3.63, 3.8) is 0 Å². The molecule has 0 bridgehead atoms. The lowest BCUT2D eigenvalue weighted by Crippen LogP contribution is -2.32. The van der Waals surface area contributed by atoms with Crippen LogP contribution in [0.2, 0.25) is 0 Å². The van der Waals surface area contributed by atoms with Gasteiger partial charge in [-0.05, 0) is 24.0 Å². The maximum atomic E-state index is 11.6. The Balaban J connectivity index is 2.39. The summed E-state index contributed by atoms with van der Waals surface area (Å²) >= 11 is 0. The van der Waals surface area contributed by atoms with E-state index in [2.05, 4.69) is 36.4 Å². The number of urea groups is 1. The normalized spacial score (nSPS) is 12.1. The first kappa shape index (κ1) is 14.2. The number of hydrogen-bond donors (Lipinski definition) is 2. The molecule has 1 aromatic rings. The molecule has 2 amide bonds. The second kappa shape index (κ2) is 6.19. The molecule has 0 aromatic carbocycles. The molecule has 0 saturated heterocycles. The van der Waals surface area contributed by atoms with Crippen molar-refractivity contribution in [2.45, 2.75) is 34.2 Å². The molecular weight excluding hydrogens is 226 g/mol. The fraction of sp³-hybridized carbons (Fsp3) is 0.429. The number of aromatic nitrogens is 1. The van der Waals surface area contributed by atoms with Crippen molar-refractivity contribution >= 4 is 6.03 Å². The van der Waals surface area contributed by atoms with Crippen LogP contribution in [0, 0.1) is 5.41 Å². The summed E-state index contributed by atoms with van der Waals surface area (Å²) in [6.45, 7) is 8.79. The van der Waals surface area contributed by atoms with Crippen molar-refractivity contribution in [3.8, 4) is 0 Å². The molecule has 0 radical (unpaired) electrons. The van der Waals surface area contributed by atoms with E-state index in [1.165, 1.54) is 0 Å². The van der Waals surface area contributed by atoms with Gasteiger partial charge in [-0.25, -0.2) is 4.79 Å². The van der Waals surface area contributed by atoms with E-state index in [-0.39, 0.29) is 11.4 Å². The van der Waals surface area contributed by atoms with Crippen LogP contribution in [0.25, 0.3) is 0 Å². The summed E-state index contributed by atoms with van der Waals surface area (Å²) in [5, 5.41) is 5.50. The summed E-state index contributed by atoms with van der Waals surface area (Å²) in [6.07, 6.45) is 5.19. The molecular formula is C14H21N3O. The fourth-order valence-corrected chi connectivity index (χ4v) is 1.13. The summed E-state index contributed by atoms with van der Waals surface area (Å²) in [4.78, 5) is 15.5. The number of pyridine rings is 1. The van der Waals surface area contributed by atoms with Crippen molar-refractivity contribution in [3.05, 3.63) is 41.9 Å². The first-order chi connectivity index (χ1) is 8.39. The van der Waals surface area contributed by atoms with E-state index in [1.807, 2.05) is 19.1 Å². The molecule has 1 aromatic heterocycles. The lowest BCUT2D eigenvalue weighted by Gasteiger charge is -2.19. The molecule has 4 heteroatoms. The Hall–Kier alpha value is -1.84. The van der Waals surface area contributed by atoms with Gasteiger partial charge >= 0.3 is 6.03 Å². The molecule has 4 nitrogen and oxygen atoms in total. The number of hydrogen-bond acceptors (Lipinski definition) is 2. The minimum absolute atomic E-state index is 0.0661. The number of amides is 2. The van der Waals surface area contributed by atoms with Crippen molar-refractivity contribution in [2.24, 2.45) is 5.41 Å². The van der Waals surface area contributed by atoms with E-state index in [4.69, 9.17) is 0 Å². The Morgan fingerprint density at radius 1 is 1.44 bits per heavy atom. The second-order valence-electron chi connectivity index (χ2n) is 5.27. The van der Waals surface area contributed by atoms with Crippen LogP contribution in [0.4, 0.5) is 4.79 Å². The Kier molecular flexibility index (Phi) is 4.89. The average Bonchev–Trinajstić information content (AvgIpc) is 2.33. The minimum Gasteiger partial charge on any atom is -0.334 e. The van der Waals surface area contributed by atoms with Gasteiger partial charge in [0.05, 0.1) is 0 Å². The molecule has 98 valence electrons. The van der Waals surface area contributed by atoms with Gasteiger partial charge in [-0.2, -0.15) is 0 Å². The van der Waals surface area contributed by atoms with Crippen LogP contribution in [0.1, 0.15) is 33.3 Å². The Morgan fingerprint density at radius 2 is 2.17 bits per heavy atom. The molecule has 0 aliphatic rings. The Bertz CT molecular complexity index is 418.